The molecule has 0 N–H and O–H groups in total. The summed E-state index contributed by atoms with van der Waals surface area (Å²) in [5, 5.41) is 0. The molecule has 0 heterocycles. The third-order valence-corrected chi connectivity index (χ3v) is 0.541. The van der Waals surface area contributed by atoms with Gasteiger partial charge in [-0.15, -0.1) is 0 Å². The molecule has 2 heteroatoms. The van der Waals surface area contributed by atoms with E-state index in [0.29, 0.717) is 0 Å². The fourth-order valence-electron chi connectivity index (χ4n) is 0.0690. The molecule has 0 unspecified atom stereocenters. The highest BCUT2D eigenvalue weighted by atomic mass is 79.9. The van der Waals surface area contributed by atoms with Crippen molar-refractivity contribution in [2.24, 2.45) is 4.99 Å². The average Bonchev–Trinajstić information content (AvgIpc) is 1.41. The van der Waals surface area contributed by atoms with Gasteiger partial charge in [-0.1, -0.05) is 15.9 Å². The summed E-state index contributed by atoms with van der Waals surface area (Å²) in [4.78, 5) is 3.76. The normalized spacial score (nSPS) is 10.0. The van der Waals surface area contributed by atoms with E-state index in [1.165, 1.54) is 0 Å². The lowest BCUT2D eigenvalue weighted by molar-refractivity contribution is 1.41. The third-order valence-electron chi connectivity index (χ3n) is 0.252. The molecule has 0 rings (SSSR count). The second-order valence-electron chi connectivity index (χ2n) is 0.560. The molecule has 0 aliphatic carbocycles. The smallest absolute Gasteiger partial charge is 0.0936 e. The monoisotopic (exact) mass is 135 g/mol. The Bertz CT molecular complexity index is 33.9. The van der Waals surface area contributed by atoms with Gasteiger partial charge in [0.2, 0.25) is 0 Å². The lowest BCUT2D eigenvalue weighted by atomic mass is 10.9. The first kappa shape index (κ1) is 5.15. The second-order valence-corrected chi connectivity index (χ2v) is 1.06. The number of nitrogens with zero attached hydrogens (tertiary/aromatic N) is 1. The van der Waals surface area contributed by atoms with Gasteiger partial charge >= 0.3 is 0 Å². The van der Waals surface area contributed by atoms with Gasteiger partial charge in [0, 0.05) is 0 Å². The highest BCUT2D eigenvalue weighted by Gasteiger charge is 1.53. The SMILES string of the molecule is CC=NCBr. The molecule has 0 amide bonds. The lowest BCUT2D eigenvalue weighted by Gasteiger charge is -1.66. The Morgan fingerprint density at radius 3 is 2.60 bits per heavy atom. The van der Waals surface area contributed by atoms with Gasteiger partial charge in [0.25, 0.3) is 0 Å². The van der Waals surface area contributed by atoms with Crippen LogP contribution in [0.1, 0.15) is 6.92 Å². The van der Waals surface area contributed by atoms with Crippen molar-refractivity contribution in [3.8, 4) is 0 Å². The zero-order chi connectivity index (χ0) is 4.12. The fraction of sp³-hybridized carbons (Fsp3) is 0.667. The van der Waals surface area contributed by atoms with Crippen molar-refractivity contribution in [1.82, 2.24) is 0 Å². The third kappa shape index (κ3) is 4.15. The van der Waals surface area contributed by atoms with Crippen molar-refractivity contribution < 1.29 is 0 Å². The molecule has 0 aliphatic rings. The van der Waals surface area contributed by atoms with Crippen LogP contribution in [-0.4, -0.2) is 11.7 Å². The van der Waals surface area contributed by atoms with Gasteiger partial charge in [0.1, 0.15) is 0 Å². The van der Waals surface area contributed by atoms with Gasteiger partial charge in [-0.3, -0.25) is 4.99 Å². The number of halogens is 1. The topological polar surface area (TPSA) is 12.4 Å². The molecule has 0 spiro atoms. The molecule has 0 aromatic carbocycles. The van der Waals surface area contributed by atoms with E-state index < -0.39 is 0 Å². The summed E-state index contributed by atoms with van der Waals surface area (Å²) in [6.45, 7) is 1.89. The summed E-state index contributed by atoms with van der Waals surface area (Å²) in [5.41, 5.74) is 0.726. The molecule has 0 atom stereocenters. The summed E-state index contributed by atoms with van der Waals surface area (Å²) < 4.78 is 0. The van der Waals surface area contributed by atoms with Crippen LogP contribution >= 0.6 is 15.9 Å². The van der Waals surface area contributed by atoms with Crippen LogP contribution in [0.4, 0.5) is 0 Å². The van der Waals surface area contributed by atoms with Crippen molar-refractivity contribution in [2.75, 3.05) is 5.45 Å². The molecule has 0 saturated carbocycles. The van der Waals surface area contributed by atoms with Crippen LogP contribution in [0.25, 0.3) is 0 Å². The van der Waals surface area contributed by atoms with E-state index >= 15 is 0 Å². The van der Waals surface area contributed by atoms with E-state index in [-0.39, 0.29) is 0 Å². The molecule has 1 nitrogen and oxygen atoms in total. The summed E-state index contributed by atoms with van der Waals surface area (Å²) in [6.07, 6.45) is 1.76. The summed E-state index contributed by atoms with van der Waals surface area (Å²) in [5.74, 6) is 0. The molecule has 0 saturated heterocycles. The minimum Gasteiger partial charge on any atom is -0.286 e. The van der Waals surface area contributed by atoms with Crippen LogP contribution in [0, 0.1) is 0 Å². The van der Waals surface area contributed by atoms with Crippen molar-refractivity contribution in [3.05, 3.63) is 0 Å². The maximum atomic E-state index is 3.76. The predicted octanol–water partition coefficient (Wildman–Crippen LogP) is 1.43. The highest BCUT2D eigenvalue weighted by molar-refractivity contribution is 9.09. The first-order valence-electron chi connectivity index (χ1n) is 1.42. The minimum absolute atomic E-state index is 0.726. The Morgan fingerprint density at radius 2 is 2.60 bits per heavy atom. The van der Waals surface area contributed by atoms with Crippen LogP contribution in [-0.2, 0) is 0 Å². The average molecular weight is 136 g/mol. The minimum atomic E-state index is 0.726. The van der Waals surface area contributed by atoms with Gasteiger partial charge in [-0.05, 0) is 13.1 Å². The number of hydrogen-bond acceptors (Lipinski definition) is 1. The molecule has 30 valence electrons. The van der Waals surface area contributed by atoms with E-state index in [0.717, 1.165) is 5.45 Å². The number of hydrogen-bond donors (Lipinski definition) is 0. The van der Waals surface area contributed by atoms with Gasteiger partial charge in [0.15, 0.2) is 0 Å². The molecular weight excluding hydrogens is 130 g/mol. The molecular formula is C3H6BrN. The molecule has 5 heavy (non-hydrogen) atoms. The summed E-state index contributed by atoms with van der Waals surface area (Å²) in [7, 11) is 0. The molecule has 0 fully saturated rings. The van der Waals surface area contributed by atoms with Crippen LogP contribution in [0.15, 0.2) is 4.99 Å². The van der Waals surface area contributed by atoms with E-state index in [9.17, 15) is 0 Å². The van der Waals surface area contributed by atoms with E-state index in [1.54, 1.807) is 6.21 Å². The molecule has 0 aromatic rings. The quantitative estimate of drug-likeness (QED) is 0.293. The van der Waals surface area contributed by atoms with Gasteiger partial charge < -0.3 is 0 Å². The molecule has 0 bridgehead atoms. The molecule has 0 aromatic heterocycles. The van der Waals surface area contributed by atoms with Crippen molar-refractivity contribution >= 4 is 22.1 Å². The molecule has 0 aliphatic heterocycles. The first-order valence-corrected chi connectivity index (χ1v) is 2.54. The summed E-state index contributed by atoms with van der Waals surface area (Å²) >= 11 is 3.11. The Morgan fingerprint density at radius 1 is 2.00 bits per heavy atom. The fourth-order valence-corrected chi connectivity index (χ4v) is 0.359. The van der Waals surface area contributed by atoms with Crippen LogP contribution < -0.4 is 0 Å². The first-order chi connectivity index (χ1) is 2.41. The Kier molecular flexibility index (Phi) is 4.27. The Balaban J connectivity index is 2.62. The number of aliphatic imine (C=N–C) groups is 1. The van der Waals surface area contributed by atoms with Gasteiger partial charge in [0.05, 0.1) is 5.45 Å². The van der Waals surface area contributed by atoms with Crippen LogP contribution in [0.5, 0.6) is 0 Å². The van der Waals surface area contributed by atoms with Crippen molar-refractivity contribution in [2.45, 2.75) is 6.92 Å². The maximum absolute atomic E-state index is 3.76. The summed E-state index contributed by atoms with van der Waals surface area (Å²) in [6, 6.07) is 0. The largest absolute Gasteiger partial charge is 0.286 e. The predicted molar refractivity (Wildman–Crippen MR) is 28.0 cm³/mol. The van der Waals surface area contributed by atoms with E-state index in [1.807, 2.05) is 6.92 Å². The van der Waals surface area contributed by atoms with E-state index in [4.69, 9.17) is 0 Å². The molecule has 0 radical (unpaired) electrons. The Labute approximate surface area is 40.2 Å². The number of alkyl halides is 1. The zero-order valence-electron chi connectivity index (χ0n) is 3.11. The van der Waals surface area contributed by atoms with Gasteiger partial charge in [-0.25, -0.2) is 0 Å². The number of rotatable bonds is 1. The lowest BCUT2D eigenvalue weighted by Crippen LogP contribution is -1.57. The van der Waals surface area contributed by atoms with Crippen molar-refractivity contribution in [1.29, 1.82) is 0 Å². The van der Waals surface area contributed by atoms with E-state index in [2.05, 4.69) is 20.9 Å². The highest BCUT2D eigenvalue weighted by Crippen LogP contribution is 1.74. The second kappa shape index (κ2) is 4.15. The van der Waals surface area contributed by atoms with Gasteiger partial charge in [-0.2, -0.15) is 0 Å². The Hall–Kier alpha value is 0.150. The maximum Gasteiger partial charge on any atom is 0.0936 e. The standard InChI is InChI=1S/C3H6BrN/c1-2-5-3-4/h2H,3H2,1H3. The van der Waals surface area contributed by atoms with Crippen molar-refractivity contribution in [3.63, 3.8) is 0 Å². The zero-order valence-corrected chi connectivity index (χ0v) is 4.70. The van der Waals surface area contributed by atoms with Crippen LogP contribution in [0.3, 0.4) is 0 Å². The van der Waals surface area contributed by atoms with Crippen LogP contribution in [0.2, 0.25) is 0 Å².